The van der Waals surface area contributed by atoms with Gasteiger partial charge in [-0.2, -0.15) is 0 Å². The van der Waals surface area contributed by atoms with Gasteiger partial charge in [-0.1, -0.05) is 46.3 Å². The third-order valence-electron chi connectivity index (χ3n) is 5.32. The van der Waals surface area contributed by atoms with E-state index in [1.165, 1.54) is 12.7 Å². The second-order valence-electron chi connectivity index (χ2n) is 7.25. The van der Waals surface area contributed by atoms with E-state index in [1.807, 2.05) is 37.3 Å². The van der Waals surface area contributed by atoms with E-state index in [9.17, 15) is 9.59 Å². The van der Waals surface area contributed by atoms with Gasteiger partial charge in [-0.3, -0.25) is 9.69 Å². The first-order chi connectivity index (χ1) is 13.4. The molecule has 0 aromatic heterocycles. The quantitative estimate of drug-likeness (QED) is 0.714. The molecule has 0 unspecified atom stereocenters. The van der Waals surface area contributed by atoms with E-state index in [-0.39, 0.29) is 11.9 Å². The van der Waals surface area contributed by atoms with E-state index in [0.717, 1.165) is 16.6 Å². The molecule has 0 spiro atoms. The predicted octanol–water partition coefficient (Wildman–Crippen LogP) is 3.70. The van der Waals surface area contributed by atoms with E-state index in [4.69, 9.17) is 4.74 Å². The molecular formula is C22H25BrN2O3. The summed E-state index contributed by atoms with van der Waals surface area (Å²) in [5.74, 6) is -0.623. The van der Waals surface area contributed by atoms with Gasteiger partial charge in [-0.15, -0.1) is 0 Å². The minimum atomic E-state index is -0.988. The van der Waals surface area contributed by atoms with Crippen molar-refractivity contribution >= 4 is 27.8 Å². The van der Waals surface area contributed by atoms with Crippen LogP contribution in [-0.4, -0.2) is 42.5 Å². The van der Waals surface area contributed by atoms with Crippen LogP contribution < -0.4 is 5.32 Å². The highest BCUT2D eigenvalue weighted by atomic mass is 79.9. The van der Waals surface area contributed by atoms with E-state index < -0.39 is 5.54 Å². The molecule has 0 saturated carbocycles. The fourth-order valence-corrected chi connectivity index (χ4v) is 4.15. The third-order valence-corrected chi connectivity index (χ3v) is 5.81. The number of esters is 1. The Kier molecular flexibility index (Phi) is 6.52. The number of aryl methyl sites for hydroxylation is 1. The van der Waals surface area contributed by atoms with Crippen LogP contribution in [0.5, 0.6) is 0 Å². The first-order valence-corrected chi connectivity index (χ1v) is 10.2. The van der Waals surface area contributed by atoms with E-state index in [2.05, 4.69) is 38.3 Å². The highest BCUT2D eigenvalue weighted by Crippen LogP contribution is 2.26. The number of carbonyl (C=O) groups excluding carboxylic acids is 2. The number of hydrogen-bond donors (Lipinski definition) is 1. The monoisotopic (exact) mass is 444 g/mol. The minimum absolute atomic E-state index is 0.244. The Hall–Kier alpha value is -2.18. The predicted molar refractivity (Wildman–Crippen MR) is 112 cm³/mol. The van der Waals surface area contributed by atoms with Crippen LogP contribution in [0.1, 0.15) is 34.3 Å². The Morgan fingerprint density at radius 1 is 1.14 bits per heavy atom. The maximum Gasteiger partial charge on any atom is 0.331 e. The van der Waals surface area contributed by atoms with Crippen LogP contribution in [0.25, 0.3) is 0 Å². The second-order valence-corrected chi connectivity index (χ2v) is 8.16. The molecule has 1 saturated heterocycles. The van der Waals surface area contributed by atoms with E-state index in [1.54, 1.807) is 6.07 Å². The molecule has 2 aromatic carbocycles. The first-order valence-electron chi connectivity index (χ1n) is 9.37. The Balaban J connectivity index is 1.72. The van der Waals surface area contributed by atoms with E-state index in [0.29, 0.717) is 31.5 Å². The molecule has 2 aromatic rings. The van der Waals surface area contributed by atoms with Crippen LogP contribution in [0.4, 0.5) is 0 Å². The van der Waals surface area contributed by atoms with E-state index >= 15 is 0 Å². The summed E-state index contributed by atoms with van der Waals surface area (Å²) in [6, 6.07) is 15.7. The first kappa shape index (κ1) is 20.6. The largest absolute Gasteiger partial charge is 0.467 e. The molecule has 0 aliphatic carbocycles. The normalized spacial score (nSPS) is 16.4. The zero-order chi connectivity index (χ0) is 20.1. The standard InChI is InChI=1S/C22H25BrN2O3/c1-16-14-18(23)8-9-19(16)20(26)24-22(21(27)28-2)10-12-25(13-11-22)15-17-6-4-3-5-7-17/h3-9,14H,10-13,15H2,1-2H3,(H,24,26). The van der Waals surface area contributed by atoms with Gasteiger partial charge in [0.1, 0.15) is 5.54 Å². The van der Waals surface area contributed by atoms with Crippen LogP contribution in [0.15, 0.2) is 53.0 Å². The fraction of sp³-hybridized carbons (Fsp3) is 0.364. The molecule has 3 rings (SSSR count). The van der Waals surface area contributed by atoms with Crippen molar-refractivity contribution in [2.45, 2.75) is 31.8 Å². The molecule has 5 nitrogen and oxygen atoms in total. The fourth-order valence-electron chi connectivity index (χ4n) is 3.68. The number of ether oxygens (including phenoxy) is 1. The zero-order valence-electron chi connectivity index (χ0n) is 16.2. The molecule has 28 heavy (non-hydrogen) atoms. The molecule has 0 radical (unpaired) electrons. The van der Waals surface area contributed by atoms with Gasteiger partial charge in [0.25, 0.3) is 5.91 Å². The number of nitrogens with one attached hydrogen (secondary N) is 1. The lowest BCUT2D eigenvalue weighted by atomic mass is 9.86. The average Bonchev–Trinajstić information content (AvgIpc) is 2.69. The van der Waals surface area contributed by atoms with Crippen LogP contribution >= 0.6 is 15.9 Å². The lowest BCUT2D eigenvalue weighted by molar-refractivity contribution is -0.150. The summed E-state index contributed by atoms with van der Waals surface area (Å²) in [6.07, 6.45) is 1.04. The number of rotatable bonds is 5. The zero-order valence-corrected chi connectivity index (χ0v) is 17.8. The average molecular weight is 445 g/mol. The van der Waals surface area contributed by atoms with Crippen molar-refractivity contribution in [1.82, 2.24) is 10.2 Å². The lowest BCUT2D eigenvalue weighted by Gasteiger charge is -2.40. The number of hydrogen-bond acceptors (Lipinski definition) is 4. The van der Waals surface area contributed by atoms with Crippen molar-refractivity contribution in [3.8, 4) is 0 Å². The summed E-state index contributed by atoms with van der Waals surface area (Å²) < 4.78 is 5.97. The van der Waals surface area contributed by atoms with Gasteiger partial charge in [-0.05, 0) is 49.1 Å². The number of piperidine rings is 1. The molecule has 0 bridgehead atoms. The summed E-state index contributed by atoms with van der Waals surface area (Å²) in [5, 5.41) is 2.99. The van der Waals surface area contributed by atoms with Gasteiger partial charge in [0, 0.05) is 29.7 Å². The molecule has 1 heterocycles. The van der Waals surface area contributed by atoms with Crippen molar-refractivity contribution in [2.75, 3.05) is 20.2 Å². The summed E-state index contributed by atoms with van der Waals surface area (Å²) in [4.78, 5) is 27.8. The van der Waals surface area contributed by atoms with Gasteiger partial charge < -0.3 is 10.1 Å². The number of likely N-dealkylation sites (tertiary alicyclic amines) is 1. The summed E-state index contributed by atoms with van der Waals surface area (Å²) in [7, 11) is 1.37. The molecule has 0 atom stereocenters. The Morgan fingerprint density at radius 3 is 2.43 bits per heavy atom. The molecule has 1 fully saturated rings. The molecule has 1 N–H and O–H groups in total. The van der Waals surface area contributed by atoms with Crippen molar-refractivity contribution in [3.63, 3.8) is 0 Å². The van der Waals surface area contributed by atoms with Gasteiger partial charge in [0.15, 0.2) is 0 Å². The van der Waals surface area contributed by atoms with Gasteiger partial charge in [-0.25, -0.2) is 4.79 Å². The van der Waals surface area contributed by atoms with Crippen LogP contribution in [-0.2, 0) is 16.1 Å². The van der Waals surface area contributed by atoms with Crippen molar-refractivity contribution in [2.24, 2.45) is 0 Å². The Morgan fingerprint density at radius 2 is 1.82 bits per heavy atom. The number of halogens is 1. The summed E-state index contributed by atoms with van der Waals surface area (Å²) >= 11 is 3.41. The third kappa shape index (κ3) is 4.62. The number of amides is 1. The van der Waals surface area contributed by atoms with Crippen LogP contribution in [0.2, 0.25) is 0 Å². The topological polar surface area (TPSA) is 58.6 Å². The molecular weight excluding hydrogens is 420 g/mol. The maximum atomic E-state index is 12.9. The summed E-state index contributed by atoms with van der Waals surface area (Å²) in [5.41, 5.74) is 1.67. The smallest absolute Gasteiger partial charge is 0.331 e. The van der Waals surface area contributed by atoms with Gasteiger partial charge in [0.05, 0.1) is 7.11 Å². The van der Waals surface area contributed by atoms with Crippen molar-refractivity contribution in [3.05, 3.63) is 69.7 Å². The molecule has 6 heteroatoms. The van der Waals surface area contributed by atoms with Crippen LogP contribution in [0, 0.1) is 6.92 Å². The number of carbonyl (C=O) groups is 2. The number of methoxy groups -OCH3 is 1. The molecule has 148 valence electrons. The highest BCUT2D eigenvalue weighted by molar-refractivity contribution is 9.10. The van der Waals surface area contributed by atoms with Crippen molar-refractivity contribution in [1.29, 1.82) is 0 Å². The SMILES string of the molecule is COC(=O)C1(NC(=O)c2ccc(Br)cc2C)CCN(Cc2ccccc2)CC1. The molecule has 1 aliphatic heterocycles. The second kappa shape index (κ2) is 8.88. The van der Waals surface area contributed by atoms with Crippen molar-refractivity contribution < 1.29 is 14.3 Å². The number of benzene rings is 2. The van der Waals surface area contributed by atoms with Gasteiger partial charge in [0.2, 0.25) is 0 Å². The maximum absolute atomic E-state index is 12.9. The highest BCUT2D eigenvalue weighted by Gasteiger charge is 2.44. The Bertz CT molecular complexity index is 846. The molecule has 1 amide bonds. The number of nitrogens with zero attached hydrogens (tertiary/aromatic N) is 1. The minimum Gasteiger partial charge on any atom is -0.467 e. The van der Waals surface area contributed by atoms with Gasteiger partial charge >= 0.3 is 5.97 Å². The lowest BCUT2D eigenvalue weighted by Crippen LogP contribution is -2.60. The summed E-state index contributed by atoms with van der Waals surface area (Å²) in [6.45, 7) is 4.14. The molecule has 1 aliphatic rings. The Labute approximate surface area is 174 Å². The van der Waals surface area contributed by atoms with Crippen LogP contribution in [0.3, 0.4) is 0 Å².